The van der Waals surface area contributed by atoms with Gasteiger partial charge in [0.25, 0.3) is 11.5 Å². The van der Waals surface area contributed by atoms with Gasteiger partial charge in [-0.3, -0.25) is 14.2 Å². The van der Waals surface area contributed by atoms with E-state index in [0.717, 1.165) is 44.3 Å². The van der Waals surface area contributed by atoms with Crippen molar-refractivity contribution in [3.8, 4) is 0 Å². The highest BCUT2D eigenvalue weighted by molar-refractivity contribution is 7.20. The van der Waals surface area contributed by atoms with Crippen LogP contribution in [0.1, 0.15) is 47.8 Å². The van der Waals surface area contributed by atoms with Gasteiger partial charge in [-0.25, -0.2) is 4.98 Å². The van der Waals surface area contributed by atoms with Gasteiger partial charge < -0.3 is 10.6 Å². The van der Waals surface area contributed by atoms with Crippen LogP contribution in [0.2, 0.25) is 0 Å². The van der Waals surface area contributed by atoms with Crippen LogP contribution in [-0.4, -0.2) is 34.6 Å². The summed E-state index contributed by atoms with van der Waals surface area (Å²) >= 11 is 1.32. The molecule has 1 saturated heterocycles. The molecule has 1 aliphatic rings. The molecule has 0 aromatic carbocycles. The molecule has 0 aliphatic carbocycles. The lowest BCUT2D eigenvalue weighted by Crippen LogP contribution is -2.42. The van der Waals surface area contributed by atoms with Crippen LogP contribution in [0.5, 0.6) is 0 Å². The highest BCUT2D eigenvalue weighted by Gasteiger charge is 2.22. The third kappa shape index (κ3) is 3.37. The fraction of sp³-hybridized carbons (Fsp3) is 0.588. The van der Waals surface area contributed by atoms with E-state index >= 15 is 0 Å². The topological polar surface area (TPSA) is 76.0 Å². The maximum absolute atomic E-state index is 12.7. The lowest BCUT2D eigenvalue weighted by atomic mass is 10.1. The van der Waals surface area contributed by atoms with Crippen molar-refractivity contribution in [1.82, 2.24) is 20.2 Å². The minimum Gasteiger partial charge on any atom is -0.349 e. The first-order valence-electron chi connectivity index (χ1n) is 8.62. The fourth-order valence-electron chi connectivity index (χ4n) is 3.08. The summed E-state index contributed by atoms with van der Waals surface area (Å²) in [4.78, 5) is 30.9. The number of nitrogens with one attached hydrogen (secondary N) is 2. The van der Waals surface area contributed by atoms with Crippen LogP contribution in [-0.2, 0) is 6.54 Å². The van der Waals surface area contributed by atoms with E-state index < -0.39 is 0 Å². The molecule has 1 amide bonds. The SMILES string of the molecule is CCCCn1cnc2sc(C(=O)NC3CCNCC3)c(C)c2c1=O. The van der Waals surface area contributed by atoms with Crippen molar-refractivity contribution < 1.29 is 4.79 Å². The number of unbranched alkanes of at least 4 members (excludes halogenated alkanes) is 1. The van der Waals surface area contributed by atoms with Crippen molar-refractivity contribution in [3.05, 3.63) is 27.1 Å². The Hall–Kier alpha value is -1.73. The average molecular weight is 348 g/mol. The summed E-state index contributed by atoms with van der Waals surface area (Å²) in [7, 11) is 0. The Labute approximate surface area is 145 Å². The Balaban J connectivity index is 1.88. The minimum absolute atomic E-state index is 0.0388. The summed E-state index contributed by atoms with van der Waals surface area (Å²) in [6.45, 7) is 6.48. The molecular weight excluding hydrogens is 324 g/mol. The van der Waals surface area contributed by atoms with Crippen LogP contribution in [0.4, 0.5) is 0 Å². The predicted molar refractivity (Wildman–Crippen MR) is 96.9 cm³/mol. The number of hydrogen-bond donors (Lipinski definition) is 2. The van der Waals surface area contributed by atoms with Gasteiger partial charge in [0.15, 0.2) is 0 Å². The number of amides is 1. The van der Waals surface area contributed by atoms with Crippen molar-refractivity contribution >= 4 is 27.5 Å². The molecule has 0 saturated carbocycles. The molecule has 0 radical (unpaired) electrons. The number of piperidine rings is 1. The molecule has 6 nitrogen and oxygen atoms in total. The number of carbonyl (C=O) groups excluding carboxylic acids is 1. The van der Waals surface area contributed by atoms with Crippen molar-refractivity contribution in [2.45, 2.75) is 52.1 Å². The third-order valence-corrected chi connectivity index (χ3v) is 5.75. The number of hydrogen-bond acceptors (Lipinski definition) is 5. The Morgan fingerprint density at radius 3 is 2.92 bits per heavy atom. The highest BCUT2D eigenvalue weighted by Crippen LogP contribution is 2.27. The first-order valence-corrected chi connectivity index (χ1v) is 9.43. The van der Waals surface area contributed by atoms with E-state index in [0.29, 0.717) is 21.6 Å². The van der Waals surface area contributed by atoms with Gasteiger partial charge in [0.05, 0.1) is 16.6 Å². The summed E-state index contributed by atoms with van der Waals surface area (Å²) in [6, 6.07) is 0.206. The molecule has 3 rings (SSSR count). The van der Waals surface area contributed by atoms with Crippen LogP contribution in [0, 0.1) is 6.92 Å². The monoisotopic (exact) mass is 348 g/mol. The molecule has 1 aliphatic heterocycles. The maximum Gasteiger partial charge on any atom is 0.262 e. The van der Waals surface area contributed by atoms with Gasteiger partial charge in [0.1, 0.15) is 4.83 Å². The molecule has 2 N–H and O–H groups in total. The molecule has 3 heterocycles. The van der Waals surface area contributed by atoms with E-state index in [1.54, 1.807) is 10.9 Å². The lowest BCUT2D eigenvalue weighted by Gasteiger charge is -2.23. The summed E-state index contributed by atoms with van der Waals surface area (Å²) in [5.74, 6) is -0.0816. The number of fused-ring (bicyclic) bond motifs is 1. The van der Waals surface area contributed by atoms with Crippen molar-refractivity contribution in [2.75, 3.05) is 13.1 Å². The van der Waals surface area contributed by atoms with Crippen LogP contribution < -0.4 is 16.2 Å². The smallest absolute Gasteiger partial charge is 0.262 e. The van der Waals surface area contributed by atoms with Crippen molar-refractivity contribution in [1.29, 1.82) is 0 Å². The van der Waals surface area contributed by atoms with E-state index in [2.05, 4.69) is 22.5 Å². The zero-order chi connectivity index (χ0) is 17.1. The molecule has 0 spiro atoms. The van der Waals surface area contributed by atoms with Gasteiger partial charge in [0, 0.05) is 12.6 Å². The second kappa shape index (κ2) is 7.44. The van der Waals surface area contributed by atoms with Crippen LogP contribution in [0.25, 0.3) is 10.2 Å². The third-order valence-electron chi connectivity index (χ3n) is 4.55. The van der Waals surface area contributed by atoms with Gasteiger partial charge in [-0.1, -0.05) is 13.3 Å². The molecule has 7 heteroatoms. The first-order chi connectivity index (χ1) is 11.6. The molecule has 0 unspecified atom stereocenters. The van der Waals surface area contributed by atoms with Gasteiger partial charge in [-0.15, -0.1) is 11.3 Å². The Bertz CT molecular complexity index is 790. The fourth-order valence-corrected chi connectivity index (χ4v) is 4.12. The number of carbonyl (C=O) groups is 1. The number of aromatic nitrogens is 2. The van der Waals surface area contributed by atoms with Crippen LogP contribution in [0.15, 0.2) is 11.1 Å². The van der Waals surface area contributed by atoms with Crippen molar-refractivity contribution in [2.24, 2.45) is 0 Å². The highest BCUT2D eigenvalue weighted by atomic mass is 32.1. The molecule has 0 atom stereocenters. The summed E-state index contributed by atoms with van der Waals surface area (Å²) in [5, 5.41) is 6.98. The van der Waals surface area contributed by atoms with Gasteiger partial charge in [0.2, 0.25) is 0 Å². The lowest BCUT2D eigenvalue weighted by molar-refractivity contribution is 0.0933. The van der Waals surface area contributed by atoms with E-state index in [1.165, 1.54) is 11.3 Å². The number of rotatable bonds is 5. The molecule has 0 bridgehead atoms. The minimum atomic E-state index is -0.0816. The molecule has 24 heavy (non-hydrogen) atoms. The second-order valence-corrected chi connectivity index (χ2v) is 7.33. The van der Waals surface area contributed by atoms with Crippen molar-refractivity contribution in [3.63, 3.8) is 0 Å². The largest absolute Gasteiger partial charge is 0.349 e. The van der Waals surface area contributed by atoms with Crippen LogP contribution in [0.3, 0.4) is 0 Å². The number of thiophene rings is 1. The number of nitrogens with zero attached hydrogens (tertiary/aromatic N) is 2. The van der Waals surface area contributed by atoms with Gasteiger partial charge >= 0.3 is 0 Å². The Morgan fingerprint density at radius 1 is 1.46 bits per heavy atom. The quantitative estimate of drug-likeness (QED) is 0.867. The summed E-state index contributed by atoms with van der Waals surface area (Å²) in [6.07, 6.45) is 5.45. The molecule has 1 fully saturated rings. The Morgan fingerprint density at radius 2 is 2.21 bits per heavy atom. The van der Waals surface area contributed by atoms with E-state index in [1.807, 2.05) is 6.92 Å². The van der Waals surface area contributed by atoms with E-state index in [-0.39, 0.29) is 17.5 Å². The molecule has 130 valence electrons. The van der Waals surface area contributed by atoms with E-state index in [4.69, 9.17) is 0 Å². The van der Waals surface area contributed by atoms with E-state index in [9.17, 15) is 9.59 Å². The van der Waals surface area contributed by atoms with Gasteiger partial charge in [-0.2, -0.15) is 0 Å². The zero-order valence-electron chi connectivity index (χ0n) is 14.2. The molecule has 2 aromatic rings. The zero-order valence-corrected chi connectivity index (χ0v) is 15.0. The number of aryl methyl sites for hydroxylation is 2. The average Bonchev–Trinajstić information content (AvgIpc) is 2.93. The second-order valence-electron chi connectivity index (χ2n) is 6.33. The first kappa shape index (κ1) is 17.1. The molecule has 2 aromatic heterocycles. The summed E-state index contributed by atoms with van der Waals surface area (Å²) in [5.41, 5.74) is 0.716. The molecular formula is C17H24N4O2S. The summed E-state index contributed by atoms with van der Waals surface area (Å²) < 4.78 is 1.65. The normalized spacial score (nSPS) is 15.8. The van der Waals surface area contributed by atoms with Crippen LogP contribution >= 0.6 is 11.3 Å². The maximum atomic E-state index is 12.7. The Kier molecular flexibility index (Phi) is 5.30. The predicted octanol–water partition coefficient (Wildman–Crippen LogP) is 2.05. The standard InChI is InChI=1S/C17H24N4O2S/c1-3-4-9-21-10-19-16-13(17(21)23)11(2)14(24-16)15(22)20-12-5-7-18-8-6-12/h10,12,18H,3-9H2,1-2H3,(H,20,22). The van der Waals surface area contributed by atoms with Gasteiger partial charge in [-0.05, 0) is 44.8 Å².